The van der Waals surface area contributed by atoms with Gasteiger partial charge in [-0.2, -0.15) is 0 Å². The lowest BCUT2D eigenvalue weighted by atomic mass is 10.2. The molecule has 2 aromatic heterocycles. The number of pyridine rings is 1. The summed E-state index contributed by atoms with van der Waals surface area (Å²) < 4.78 is 1.11. The van der Waals surface area contributed by atoms with Gasteiger partial charge in [0.05, 0.1) is 4.92 Å². The van der Waals surface area contributed by atoms with Crippen LogP contribution in [0.1, 0.15) is 10.4 Å². The molecule has 9 nitrogen and oxygen atoms in total. The van der Waals surface area contributed by atoms with Gasteiger partial charge in [0.2, 0.25) is 5.82 Å². The summed E-state index contributed by atoms with van der Waals surface area (Å²) in [5.74, 6) is -0.381. The van der Waals surface area contributed by atoms with E-state index < -0.39 is 16.2 Å². The number of hydrogen-bond acceptors (Lipinski definition) is 6. The number of nitro groups is 1. The average molecular weight is 353 g/mol. The molecule has 0 radical (unpaired) electrons. The Morgan fingerprint density at radius 3 is 2.58 bits per heavy atom. The molecule has 0 aliphatic rings. The topological polar surface area (TPSA) is 119 Å². The van der Waals surface area contributed by atoms with Crippen molar-refractivity contribution in [3.05, 3.63) is 80.8 Å². The molecule has 0 saturated heterocycles. The fraction of sp³-hybridized carbons (Fsp3) is 0.118. The maximum atomic E-state index is 12.3. The number of rotatable bonds is 6. The molecule has 132 valence electrons. The standard InChI is InChI=1S/C17H15N5O4/c23-16(12-6-2-1-3-7-12)19-10-9-18-15-14(22(25)26)17(24)21-11-5-4-8-13(21)20-15/h1-8,11,18H,9-10H2,(H,19,23). The van der Waals surface area contributed by atoms with Gasteiger partial charge in [-0.05, 0) is 24.3 Å². The summed E-state index contributed by atoms with van der Waals surface area (Å²) in [5.41, 5.74) is -0.598. The van der Waals surface area contributed by atoms with E-state index in [0.29, 0.717) is 11.2 Å². The van der Waals surface area contributed by atoms with E-state index in [2.05, 4.69) is 15.6 Å². The van der Waals surface area contributed by atoms with Crippen molar-refractivity contribution in [2.24, 2.45) is 0 Å². The van der Waals surface area contributed by atoms with Crippen LogP contribution in [0.15, 0.2) is 59.5 Å². The van der Waals surface area contributed by atoms with Gasteiger partial charge in [0.15, 0.2) is 0 Å². The second-order valence-electron chi connectivity index (χ2n) is 5.35. The van der Waals surface area contributed by atoms with E-state index in [1.807, 2.05) is 0 Å². The van der Waals surface area contributed by atoms with E-state index >= 15 is 0 Å². The third-order valence-corrected chi connectivity index (χ3v) is 3.63. The molecule has 0 atom stereocenters. The molecule has 9 heteroatoms. The summed E-state index contributed by atoms with van der Waals surface area (Å²) in [6, 6.07) is 13.5. The Bertz CT molecular complexity index is 1020. The van der Waals surface area contributed by atoms with Gasteiger partial charge in [0, 0.05) is 24.8 Å². The van der Waals surface area contributed by atoms with Gasteiger partial charge >= 0.3 is 11.2 Å². The van der Waals surface area contributed by atoms with Crippen LogP contribution in [0, 0.1) is 10.1 Å². The maximum Gasteiger partial charge on any atom is 0.376 e. The summed E-state index contributed by atoms with van der Waals surface area (Å²) >= 11 is 0. The highest BCUT2D eigenvalue weighted by Crippen LogP contribution is 2.17. The fourth-order valence-corrected chi connectivity index (χ4v) is 2.42. The van der Waals surface area contributed by atoms with Crippen molar-refractivity contribution in [2.45, 2.75) is 0 Å². The Morgan fingerprint density at radius 1 is 1.12 bits per heavy atom. The minimum atomic E-state index is -0.767. The van der Waals surface area contributed by atoms with Crippen LogP contribution in [0.2, 0.25) is 0 Å². The molecule has 0 spiro atoms. The van der Waals surface area contributed by atoms with Crippen molar-refractivity contribution in [2.75, 3.05) is 18.4 Å². The number of anilines is 1. The number of nitrogens with one attached hydrogen (secondary N) is 2. The summed E-state index contributed by atoms with van der Waals surface area (Å²) in [6.07, 6.45) is 1.42. The van der Waals surface area contributed by atoms with Gasteiger partial charge in [-0.25, -0.2) is 4.98 Å². The predicted molar refractivity (Wildman–Crippen MR) is 95.4 cm³/mol. The first-order valence-corrected chi connectivity index (χ1v) is 7.81. The minimum Gasteiger partial charge on any atom is -0.362 e. The van der Waals surface area contributed by atoms with Crippen molar-refractivity contribution in [1.29, 1.82) is 0 Å². The maximum absolute atomic E-state index is 12.3. The number of benzene rings is 1. The number of fused-ring (bicyclic) bond motifs is 1. The van der Waals surface area contributed by atoms with Gasteiger partial charge in [0.25, 0.3) is 5.91 Å². The van der Waals surface area contributed by atoms with E-state index in [-0.39, 0.29) is 24.8 Å². The molecule has 3 rings (SSSR count). The Labute approximate surface area is 147 Å². The minimum absolute atomic E-state index is 0.125. The van der Waals surface area contributed by atoms with Crippen molar-refractivity contribution < 1.29 is 9.72 Å². The van der Waals surface area contributed by atoms with Gasteiger partial charge in [-0.15, -0.1) is 0 Å². The van der Waals surface area contributed by atoms with E-state index in [1.165, 1.54) is 6.20 Å². The third-order valence-electron chi connectivity index (χ3n) is 3.63. The lowest BCUT2D eigenvalue weighted by Gasteiger charge is -2.09. The lowest BCUT2D eigenvalue weighted by Crippen LogP contribution is -2.29. The van der Waals surface area contributed by atoms with Crippen molar-refractivity contribution in [1.82, 2.24) is 14.7 Å². The monoisotopic (exact) mass is 353 g/mol. The molecule has 0 unspecified atom stereocenters. The highest BCUT2D eigenvalue weighted by atomic mass is 16.6. The van der Waals surface area contributed by atoms with Gasteiger partial charge in [-0.1, -0.05) is 24.3 Å². The Hall–Kier alpha value is -3.75. The Morgan fingerprint density at radius 2 is 1.85 bits per heavy atom. The molecular formula is C17H15N5O4. The van der Waals surface area contributed by atoms with E-state index in [0.717, 1.165) is 4.40 Å². The normalized spacial score (nSPS) is 10.5. The zero-order valence-electron chi connectivity index (χ0n) is 13.6. The number of amides is 1. The largest absolute Gasteiger partial charge is 0.376 e. The van der Waals surface area contributed by atoms with Crippen LogP contribution in [0.3, 0.4) is 0 Å². The van der Waals surface area contributed by atoms with Crippen molar-refractivity contribution >= 4 is 23.1 Å². The van der Waals surface area contributed by atoms with Crippen LogP contribution in [-0.4, -0.2) is 33.3 Å². The molecule has 0 aliphatic carbocycles. The molecule has 1 amide bonds. The zero-order chi connectivity index (χ0) is 18.5. The quantitative estimate of drug-likeness (QED) is 0.393. The molecule has 0 bridgehead atoms. The average Bonchev–Trinajstić information content (AvgIpc) is 2.65. The first-order chi connectivity index (χ1) is 12.6. The molecule has 3 aromatic rings. The summed E-state index contributed by atoms with van der Waals surface area (Å²) in [6.45, 7) is 0.385. The highest BCUT2D eigenvalue weighted by molar-refractivity contribution is 5.94. The summed E-state index contributed by atoms with van der Waals surface area (Å²) in [5, 5.41) is 16.7. The molecule has 0 aliphatic heterocycles. The van der Waals surface area contributed by atoms with Crippen LogP contribution < -0.4 is 16.2 Å². The molecule has 0 fully saturated rings. The summed E-state index contributed by atoms with van der Waals surface area (Å²) in [7, 11) is 0. The van der Waals surface area contributed by atoms with Crippen molar-refractivity contribution in [3.63, 3.8) is 0 Å². The Balaban J connectivity index is 1.72. The molecule has 2 N–H and O–H groups in total. The van der Waals surface area contributed by atoms with E-state index in [1.54, 1.807) is 48.5 Å². The third kappa shape index (κ3) is 3.51. The van der Waals surface area contributed by atoms with E-state index in [4.69, 9.17) is 0 Å². The molecule has 26 heavy (non-hydrogen) atoms. The fourth-order valence-electron chi connectivity index (χ4n) is 2.42. The van der Waals surface area contributed by atoms with Crippen LogP contribution in [0.5, 0.6) is 0 Å². The number of hydrogen-bond donors (Lipinski definition) is 2. The molecule has 0 saturated carbocycles. The number of carbonyl (C=O) groups is 1. The first kappa shape index (κ1) is 17.1. The highest BCUT2D eigenvalue weighted by Gasteiger charge is 2.23. The second-order valence-corrected chi connectivity index (χ2v) is 5.35. The second kappa shape index (κ2) is 7.43. The van der Waals surface area contributed by atoms with Crippen LogP contribution in [-0.2, 0) is 0 Å². The SMILES string of the molecule is O=C(NCCNc1nc2ccccn2c(=O)c1[N+](=O)[O-])c1ccccc1. The van der Waals surface area contributed by atoms with Crippen molar-refractivity contribution in [3.8, 4) is 0 Å². The number of aromatic nitrogens is 2. The Kier molecular flexibility index (Phi) is 4.88. The predicted octanol–water partition coefficient (Wildman–Crippen LogP) is 1.44. The number of nitrogens with zero attached hydrogens (tertiary/aromatic N) is 3. The van der Waals surface area contributed by atoms with Gasteiger partial charge < -0.3 is 10.6 Å². The molecule has 1 aromatic carbocycles. The summed E-state index contributed by atoms with van der Waals surface area (Å²) in [4.78, 5) is 38.9. The number of carbonyl (C=O) groups excluding carboxylic acids is 1. The van der Waals surface area contributed by atoms with Crippen LogP contribution >= 0.6 is 0 Å². The zero-order valence-corrected chi connectivity index (χ0v) is 13.6. The van der Waals surface area contributed by atoms with Gasteiger partial charge in [-0.3, -0.25) is 24.1 Å². The van der Waals surface area contributed by atoms with Crippen LogP contribution in [0.4, 0.5) is 11.5 Å². The van der Waals surface area contributed by atoms with Gasteiger partial charge in [0.1, 0.15) is 5.65 Å². The lowest BCUT2D eigenvalue weighted by molar-refractivity contribution is -0.385. The smallest absolute Gasteiger partial charge is 0.362 e. The van der Waals surface area contributed by atoms with Crippen LogP contribution in [0.25, 0.3) is 5.65 Å². The molecule has 2 heterocycles. The molecular weight excluding hydrogens is 338 g/mol. The first-order valence-electron chi connectivity index (χ1n) is 7.81. The van der Waals surface area contributed by atoms with E-state index in [9.17, 15) is 19.7 Å².